The summed E-state index contributed by atoms with van der Waals surface area (Å²) in [5, 5.41) is 0.546. The van der Waals surface area contributed by atoms with Gasteiger partial charge in [-0.2, -0.15) is 0 Å². The van der Waals surface area contributed by atoms with Crippen LogP contribution in [0.2, 0.25) is 0 Å². The molecule has 0 fully saturated rings. The lowest BCUT2D eigenvalue weighted by atomic mass is 10.1. The second-order valence-corrected chi connectivity index (χ2v) is 4.71. The van der Waals surface area contributed by atoms with Gasteiger partial charge in [0.1, 0.15) is 6.26 Å². The molecule has 1 aromatic carbocycles. The maximum Gasteiger partial charge on any atom is 0.256 e. The summed E-state index contributed by atoms with van der Waals surface area (Å²) in [5.41, 5.74) is 2.60. The molecular formula is C13H13NO2S. The van der Waals surface area contributed by atoms with E-state index < -0.39 is 0 Å². The summed E-state index contributed by atoms with van der Waals surface area (Å²) < 4.78 is 5.18. The summed E-state index contributed by atoms with van der Waals surface area (Å²) in [6.45, 7) is 3.80. The van der Waals surface area contributed by atoms with Crippen LogP contribution >= 0.6 is 11.8 Å². The average molecular weight is 247 g/mol. The molecule has 2 aromatic rings. The van der Waals surface area contributed by atoms with Gasteiger partial charge >= 0.3 is 0 Å². The number of Topliss-reactive ketones (excluding diaryl/α,β-unsaturated/α-hetero) is 1. The minimum atomic E-state index is 0.101. The Hall–Kier alpha value is -1.55. The lowest BCUT2D eigenvalue weighted by molar-refractivity contribution is 0.102. The van der Waals surface area contributed by atoms with Crippen LogP contribution in [-0.4, -0.2) is 16.5 Å². The third kappa shape index (κ3) is 2.97. The highest BCUT2D eigenvalue weighted by molar-refractivity contribution is 7.99. The molecule has 0 atom stereocenters. The zero-order valence-electron chi connectivity index (χ0n) is 9.77. The quantitative estimate of drug-likeness (QED) is 0.614. The number of rotatable bonds is 4. The van der Waals surface area contributed by atoms with Gasteiger partial charge in [0.2, 0.25) is 0 Å². The fourth-order valence-corrected chi connectivity index (χ4v) is 2.22. The summed E-state index contributed by atoms with van der Waals surface area (Å²) in [6, 6.07) is 7.59. The van der Waals surface area contributed by atoms with Crippen LogP contribution in [0.3, 0.4) is 0 Å². The molecule has 2 rings (SSSR count). The first-order chi connectivity index (χ1) is 8.16. The lowest BCUT2D eigenvalue weighted by Crippen LogP contribution is -2.04. The Morgan fingerprint density at radius 3 is 2.76 bits per heavy atom. The number of carbonyl (C=O) groups is 1. The second-order valence-electron chi connectivity index (χ2n) is 3.78. The normalized spacial score (nSPS) is 10.5. The molecule has 0 amide bonds. The van der Waals surface area contributed by atoms with Gasteiger partial charge in [0.05, 0.1) is 11.4 Å². The van der Waals surface area contributed by atoms with E-state index in [9.17, 15) is 4.79 Å². The number of oxazole rings is 1. The average Bonchev–Trinajstić information content (AvgIpc) is 2.73. The Labute approximate surface area is 104 Å². The van der Waals surface area contributed by atoms with Crippen LogP contribution in [0, 0.1) is 13.8 Å². The van der Waals surface area contributed by atoms with Gasteiger partial charge in [-0.1, -0.05) is 36.0 Å². The standard InChI is InChI=1S/C13H13NO2S/c1-9-5-3-4-6-11(9)12(15)8-17-13-14-10(2)7-16-13/h3-7H,8H2,1-2H3. The van der Waals surface area contributed by atoms with Gasteiger partial charge in [0.15, 0.2) is 5.78 Å². The van der Waals surface area contributed by atoms with Crippen molar-refractivity contribution in [3.05, 3.63) is 47.3 Å². The summed E-state index contributed by atoms with van der Waals surface area (Å²) in [4.78, 5) is 16.1. The highest BCUT2D eigenvalue weighted by atomic mass is 32.2. The molecule has 0 aliphatic rings. The Morgan fingerprint density at radius 2 is 2.12 bits per heavy atom. The molecule has 1 heterocycles. The Bertz CT molecular complexity index is 534. The number of hydrogen-bond donors (Lipinski definition) is 0. The first-order valence-corrected chi connectivity index (χ1v) is 6.29. The van der Waals surface area contributed by atoms with E-state index in [0.717, 1.165) is 16.8 Å². The monoisotopic (exact) mass is 247 g/mol. The Morgan fingerprint density at radius 1 is 1.35 bits per heavy atom. The van der Waals surface area contributed by atoms with E-state index in [1.54, 1.807) is 6.26 Å². The SMILES string of the molecule is Cc1coc(SCC(=O)c2ccccc2C)n1. The minimum absolute atomic E-state index is 0.101. The number of nitrogens with zero attached hydrogens (tertiary/aromatic N) is 1. The molecule has 0 unspecified atom stereocenters. The Balaban J connectivity index is 2.01. The maximum absolute atomic E-state index is 12.0. The summed E-state index contributed by atoms with van der Waals surface area (Å²) in [7, 11) is 0. The molecule has 0 radical (unpaired) electrons. The highest BCUT2D eigenvalue weighted by Gasteiger charge is 2.10. The van der Waals surface area contributed by atoms with Crippen molar-refractivity contribution in [2.75, 3.05) is 5.75 Å². The van der Waals surface area contributed by atoms with Crippen molar-refractivity contribution in [1.82, 2.24) is 4.98 Å². The van der Waals surface area contributed by atoms with E-state index in [1.807, 2.05) is 38.1 Å². The van der Waals surface area contributed by atoms with E-state index in [1.165, 1.54) is 11.8 Å². The molecule has 1 aromatic heterocycles. The number of benzene rings is 1. The van der Waals surface area contributed by atoms with Crippen LogP contribution in [0.25, 0.3) is 0 Å². The van der Waals surface area contributed by atoms with E-state index in [-0.39, 0.29) is 5.78 Å². The highest BCUT2D eigenvalue weighted by Crippen LogP contribution is 2.19. The predicted molar refractivity (Wildman–Crippen MR) is 67.5 cm³/mol. The largest absolute Gasteiger partial charge is 0.440 e. The molecule has 3 nitrogen and oxygen atoms in total. The van der Waals surface area contributed by atoms with Gasteiger partial charge in [-0.25, -0.2) is 4.98 Å². The molecule has 0 saturated heterocycles. The number of aryl methyl sites for hydroxylation is 2. The van der Waals surface area contributed by atoms with Crippen molar-refractivity contribution < 1.29 is 9.21 Å². The number of ketones is 1. The van der Waals surface area contributed by atoms with Crippen molar-refractivity contribution in [2.24, 2.45) is 0 Å². The molecular weight excluding hydrogens is 234 g/mol. The van der Waals surface area contributed by atoms with E-state index >= 15 is 0 Å². The van der Waals surface area contributed by atoms with E-state index in [0.29, 0.717) is 11.0 Å². The van der Waals surface area contributed by atoms with Crippen molar-refractivity contribution in [3.8, 4) is 0 Å². The number of aromatic nitrogens is 1. The van der Waals surface area contributed by atoms with Crippen molar-refractivity contribution in [2.45, 2.75) is 19.1 Å². The fraction of sp³-hybridized carbons (Fsp3) is 0.231. The third-order valence-corrected chi connectivity index (χ3v) is 3.21. The van der Waals surface area contributed by atoms with E-state index in [4.69, 9.17) is 4.42 Å². The molecule has 0 N–H and O–H groups in total. The molecule has 0 saturated carbocycles. The predicted octanol–water partition coefficient (Wildman–Crippen LogP) is 3.27. The smallest absolute Gasteiger partial charge is 0.256 e. The van der Waals surface area contributed by atoms with Crippen LogP contribution in [0.5, 0.6) is 0 Å². The molecule has 0 aliphatic carbocycles. The van der Waals surface area contributed by atoms with Gasteiger partial charge in [-0.05, 0) is 19.4 Å². The molecule has 88 valence electrons. The summed E-state index contributed by atoms with van der Waals surface area (Å²) in [5.74, 6) is 0.453. The minimum Gasteiger partial charge on any atom is -0.440 e. The van der Waals surface area contributed by atoms with Gasteiger partial charge in [0.25, 0.3) is 5.22 Å². The van der Waals surface area contributed by atoms with Crippen molar-refractivity contribution >= 4 is 17.5 Å². The van der Waals surface area contributed by atoms with Crippen LogP contribution in [0.15, 0.2) is 40.2 Å². The first kappa shape index (κ1) is 11.9. The molecule has 0 aliphatic heterocycles. The van der Waals surface area contributed by atoms with E-state index in [2.05, 4.69) is 4.98 Å². The number of carbonyl (C=O) groups excluding carboxylic acids is 1. The molecule has 0 spiro atoms. The van der Waals surface area contributed by atoms with Crippen LogP contribution < -0.4 is 0 Å². The second kappa shape index (κ2) is 5.19. The topological polar surface area (TPSA) is 43.1 Å². The zero-order chi connectivity index (χ0) is 12.3. The first-order valence-electron chi connectivity index (χ1n) is 5.30. The van der Waals surface area contributed by atoms with Gasteiger partial charge in [-0.15, -0.1) is 0 Å². The molecule has 17 heavy (non-hydrogen) atoms. The third-order valence-electron chi connectivity index (χ3n) is 2.37. The van der Waals surface area contributed by atoms with Gasteiger partial charge < -0.3 is 4.42 Å². The maximum atomic E-state index is 12.0. The fourth-order valence-electron chi connectivity index (χ4n) is 1.49. The molecule has 4 heteroatoms. The zero-order valence-corrected chi connectivity index (χ0v) is 10.6. The van der Waals surface area contributed by atoms with Gasteiger partial charge in [-0.3, -0.25) is 4.79 Å². The van der Waals surface area contributed by atoms with Crippen molar-refractivity contribution in [1.29, 1.82) is 0 Å². The van der Waals surface area contributed by atoms with Crippen LogP contribution in [-0.2, 0) is 0 Å². The Kier molecular flexibility index (Phi) is 3.64. The molecule has 0 bridgehead atoms. The summed E-state index contributed by atoms with van der Waals surface area (Å²) in [6.07, 6.45) is 1.58. The van der Waals surface area contributed by atoms with Gasteiger partial charge in [0, 0.05) is 5.56 Å². The lowest BCUT2D eigenvalue weighted by Gasteiger charge is -2.02. The van der Waals surface area contributed by atoms with Crippen LogP contribution in [0.4, 0.5) is 0 Å². The number of thioether (sulfide) groups is 1. The van der Waals surface area contributed by atoms with Crippen LogP contribution in [0.1, 0.15) is 21.6 Å². The summed E-state index contributed by atoms with van der Waals surface area (Å²) >= 11 is 1.33. The number of hydrogen-bond acceptors (Lipinski definition) is 4. The van der Waals surface area contributed by atoms with Crippen molar-refractivity contribution in [3.63, 3.8) is 0 Å².